The van der Waals surface area contributed by atoms with E-state index in [0.29, 0.717) is 36.4 Å². The van der Waals surface area contributed by atoms with Crippen molar-refractivity contribution in [3.05, 3.63) is 58.7 Å². The van der Waals surface area contributed by atoms with Gasteiger partial charge in [0.1, 0.15) is 0 Å². The van der Waals surface area contributed by atoms with Crippen LogP contribution in [0.15, 0.2) is 36.4 Å². The number of hydrogen-bond donors (Lipinski definition) is 13. The Morgan fingerprint density at radius 3 is 1.23 bits per heavy atom. The molecular formula is C35H30O22. The molecule has 1 fully saturated rings. The van der Waals surface area contributed by atoms with Gasteiger partial charge in [0.15, 0.2) is 82.1 Å². The summed E-state index contributed by atoms with van der Waals surface area (Å²) in [4.78, 5) is 53.4. The van der Waals surface area contributed by atoms with Crippen LogP contribution in [0.4, 0.5) is 0 Å². The van der Waals surface area contributed by atoms with E-state index in [1.54, 1.807) is 0 Å². The van der Waals surface area contributed by atoms with Crippen LogP contribution in [0.1, 0.15) is 48.4 Å². The molecule has 5 unspecified atom stereocenters. The predicted octanol–water partition coefficient (Wildman–Crippen LogP) is 1.32. The van der Waals surface area contributed by atoms with E-state index < -0.39 is 157 Å². The number of aromatic hydroxyl groups is 12. The Hall–Kier alpha value is -7.72. The van der Waals surface area contributed by atoms with E-state index in [9.17, 15) is 85.6 Å². The summed E-state index contributed by atoms with van der Waals surface area (Å²) in [7, 11) is 0.855. The second-order valence-electron chi connectivity index (χ2n) is 12.1. The van der Waals surface area contributed by atoms with Crippen LogP contribution in [0.25, 0.3) is 11.1 Å². The number of phenols is 12. The topological polar surface area (TPSA) is 377 Å². The van der Waals surface area contributed by atoms with E-state index in [0.717, 1.165) is 14.0 Å². The van der Waals surface area contributed by atoms with Crippen molar-refractivity contribution in [2.24, 2.45) is 0 Å². The third-order valence-corrected chi connectivity index (χ3v) is 8.47. The summed E-state index contributed by atoms with van der Waals surface area (Å²) in [5, 5.41) is 133. The average Bonchev–Trinajstić information content (AvgIpc) is 3.16. The standard InChI is InChI=1S/C35H30O22/c1-9-28(55-34(51)13-8-19(41)25(45)27(47)21(13)20-12(33(50)53-2)7-18(40)24(44)26(20)46)29(56-31(48)10-3-14(36)22(42)15(37)4-10)30(35(52)54-9)57-32(49)11-5-16(38)23(43)17(39)6-11/h3-9,28-30,35-47,52H,1-2H3. The highest BCUT2D eigenvalue weighted by atomic mass is 16.7. The van der Waals surface area contributed by atoms with Crippen molar-refractivity contribution in [2.45, 2.75) is 37.6 Å². The van der Waals surface area contributed by atoms with Gasteiger partial charge in [-0.2, -0.15) is 0 Å². The van der Waals surface area contributed by atoms with Gasteiger partial charge in [-0.25, -0.2) is 19.2 Å². The number of carbonyl (C=O) groups is 4. The van der Waals surface area contributed by atoms with Crippen molar-refractivity contribution in [3.63, 3.8) is 0 Å². The molecule has 0 saturated carbocycles. The Balaban J connectivity index is 1.64. The predicted molar refractivity (Wildman–Crippen MR) is 180 cm³/mol. The lowest BCUT2D eigenvalue weighted by atomic mass is 9.91. The second-order valence-corrected chi connectivity index (χ2v) is 12.1. The van der Waals surface area contributed by atoms with Crippen molar-refractivity contribution in [3.8, 4) is 80.1 Å². The van der Waals surface area contributed by atoms with Crippen molar-refractivity contribution in [1.29, 1.82) is 0 Å². The number of methoxy groups -OCH3 is 1. The summed E-state index contributed by atoms with van der Waals surface area (Å²) in [6, 6.07) is 3.49. The van der Waals surface area contributed by atoms with Crippen LogP contribution in [0.3, 0.4) is 0 Å². The molecule has 0 radical (unpaired) electrons. The molecule has 1 saturated heterocycles. The minimum atomic E-state index is -2.26. The molecule has 1 heterocycles. The van der Waals surface area contributed by atoms with E-state index in [-0.39, 0.29) is 0 Å². The van der Waals surface area contributed by atoms with Gasteiger partial charge in [0.2, 0.25) is 11.5 Å². The zero-order chi connectivity index (χ0) is 42.4. The molecular weight excluding hydrogens is 772 g/mol. The van der Waals surface area contributed by atoms with Crippen LogP contribution in [-0.4, -0.2) is 128 Å². The van der Waals surface area contributed by atoms with Gasteiger partial charge in [-0.05, 0) is 43.3 Å². The lowest BCUT2D eigenvalue weighted by Gasteiger charge is -2.42. The molecule has 0 bridgehead atoms. The van der Waals surface area contributed by atoms with Crippen molar-refractivity contribution >= 4 is 23.9 Å². The number of aliphatic hydroxyl groups excluding tert-OH is 1. The van der Waals surface area contributed by atoms with Gasteiger partial charge >= 0.3 is 23.9 Å². The number of hydrogen-bond acceptors (Lipinski definition) is 22. The molecule has 0 amide bonds. The highest BCUT2D eigenvalue weighted by Gasteiger charge is 2.51. The Labute approximate surface area is 316 Å². The highest BCUT2D eigenvalue weighted by molar-refractivity contribution is 6.08. The molecule has 5 rings (SSSR count). The average molecular weight is 803 g/mol. The van der Waals surface area contributed by atoms with Gasteiger partial charge in [0.05, 0.1) is 35.5 Å². The van der Waals surface area contributed by atoms with Crippen LogP contribution in [-0.2, 0) is 23.7 Å². The van der Waals surface area contributed by atoms with Crippen LogP contribution in [0.2, 0.25) is 0 Å². The Kier molecular flexibility index (Phi) is 10.8. The Bertz CT molecular complexity index is 2270. The van der Waals surface area contributed by atoms with Gasteiger partial charge in [-0.15, -0.1) is 0 Å². The van der Waals surface area contributed by atoms with Gasteiger partial charge in [0, 0.05) is 11.1 Å². The zero-order valence-electron chi connectivity index (χ0n) is 28.8. The van der Waals surface area contributed by atoms with Gasteiger partial charge in [-0.3, -0.25) is 0 Å². The number of benzene rings is 4. The summed E-state index contributed by atoms with van der Waals surface area (Å²) in [5.74, 6) is -19.9. The third-order valence-electron chi connectivity index (χ3n) is 8.47. The van der Waals surface area contributed by atoms with Crippen molar-refractivity contribution in [1.82, 2.24) is 0 Å². The number of carbonyl (C=O) groups excluding carboxylic acids is 4. The first kappa shape index (κ1) is 40.5. The Morgan fingerprint density at radius 2 is 0.825 bits per heavy atom. The minimum Gasteiger partial charge on any atom is -0.504 e. The smallest absolute Gasteiger partial charge is 0.339 e. The lowest BCUT2D eigenvalue weighted by molar-refractivity contribution is -0.275. The SMILES string of the molecule is COC(=O)c1cc(O)c(O)c(O)c1-c1c(C(=O)OC2C(C)OC(O)C(OC(=O)c3cc(O)c(O)c(O)c3)C2OC(=O)c2cc(O)c(O)c(O)c2)cc(O)c(O)c1O. The normalized spacial score (nSPS) is 19.0. The zero-order valence-corrected chi connectivity index (χ0v) is 28.8. The molecule has 5 atom stereocenters. The molecule has 1 aliphatic rings. The second kappa shape index (κ2) is 15.2. The summed E-state index contributed by atoms with van der Waals surface area (Å²) in [6.07, 6.45) is -10.3. The van der Waals surface area contributed by atoms with Crippen molar-refractivity contribution < 1.29 is 109 Å². The maximum atomic E-state index is 14.1. The molecule has 0 aromatic heterocycles. The molecule has 22 nitrogen and oxygen atoms in total. The maximum absolute atomic E-state index is 14.1. The molecule has 22 heteroatoms. The molecule has 13 N–H and O–H groups in total. The fraction of sp³-hybridized carbons (Fsp3) is 0.200. The first-order valence-electron chi connectivity index (χ1n) is 15.8. The van der Waals surface area contributed by atoms with E-state index in [2.05, 4.69) is 4.74 Å². The van der Waals surface area contributed by atoms with E-state index in [1.165, 1.54) is 0 Å². The van der Waals surface area contributed by atoms with E-state index in [4.69, 9.17) is 18.9 Å². The fourth-order valence-electron chi connectivity index (χ4n) is 5.65. The van der Waals surface area contributed by atoms with Gasteiger partial charge in [0.25, 0.3) is 0 Å². The number of esters is 4. The van der Waals surface area contributed by atoms with Crippen molar-refractivity contribution in [2.75, 3.05) is 7.11 Å². The number of ether oxygens (including phenoxy) is 5. The fourth-order valence-corrected chi connectivity index (χ4v) is 5.65. The summed E-state index contributed by atoms with van der Waals surface area (Å²) in [6.45, 7) is 1.13. The maximum Gasteiger partial charge on any atom is 0.339 e. The molecule has 4 aromatic carbocycles. The molecule has 1 aliphatic heterocycles. The minimum absolute atomic E-state index is 0.449. The van der Waals surface area contributed by atoms with Crippen LogP contribution >= 0.6 is 0 Å². The first-order chi connectivity index (χ1) is 26.7. The van der Waals surface area contributed by atoms with Crippen LogP contribution in [0, 0.1) is 0 Å². The molecule has 4 aromatic rings. The van der Waals surface area contributed by atoms with Crippen LogP contribution < -0.4 is 0 Å². The van der Waals surface area contributed by atoms with E-state index in [1.807, 2.05) is 0 Å². The highest BCUT2D eigenvalue weighted by Crippen LogP contribution is 2.53. The summed E-state index contributed by atoms with van der Waals surface area (Å²) >= 11 is 0. The molecule has 57 heavy (non-hydrogen) atoms. The van der Waals surface area contributed by atoms with Gasteiger partial charge in [-0.1, -0.05) is 0 Å². The lowest BCUT2D eigenvalue weighted by Crippen LogP contribution is -2.60. The Morgan fingerprint density at radius 1 is 0.474 bits per heavy atom. The molecule has 302 valence electrons. The summed E-state index contributed by atoms with van der Waals surface area (Å²) in [5.41, 5.74) is -5.22. The number of rotatable bonds is 8. The van der Waals surface area contributed by atoms with Crippen LogP contribution in [0.5, 0.6) is 69.0 Å². The molecule has 0 aliphatic carbocycles. The molecule has 0 spiro atoms. The number of aliphatic hydroxyl groups is 1. The third kappa shape index (κ3) is 7.39. The summed E-state index contributed by atoms with van der Waals surface area (Å²) < 4.78 is 26.3. The van der Waals surface area contributed by atoms with E-state index >= 15 is 0 Å². The first-order valence-corrected chi connectivity index (χ1v) is 15.8. The number of phenolic OH excluding ortho intramolecular Hbond substituents is 12. The quantitative estimate of drug-likeness (QED) is 0.0678. The monoisotopic (exact) mass is 802 g/mol. The largest absolute Gasteiger partial charge is 0.504 e. The van der Waals surface area contributed by atoms with Gasteiger partial charge < -0.3 is 90.1 Å².